The molecule has 1 amide bonds. The number of nitrogens with zero attached hydrogens (tertiary/aromatic N) is 4. The summed E-state index contributed by atoms with van der Waals surface area (Å²) in [6.07, 6.45) is -3.09. The highest BCUT2D eigenvalue weighted by Crippen LogP contribution is 2.46. The Kier molecular flexibility index (Phi) is 4.72. The van der Waals surface area contributed by atoms with E-state index in [1.165, 1.54) is 0 Å². The van der Waals surface area contributed by atoms with Gasteiger partial charge in [-0.05, 0) is 5.56 Å². The number of alkyl halides is 3. The average Bonchev–Trinajstić information content (AvgIpc) is 3.25. The molecule has 0 spiro atoms. The number of halogens is 3. The highest BCUT2D eigenvalue weighted by molar-refractivity contribution is 5.77. The second-order valence-corrected chi connectivity index (χ2v) is 7.34. The number of aromatic nitrogens is 2. The molecular formula is C20H21F3N4O. The molecule has 0 saturated carbocycles. The summed E-state index contributed by atoms with van der Waals surface area (Å²) in [6.45, 7) is 3.61. The fraction of sp³-hybridized carbons (Fsp3) is 0.450. The van der Waals surface area contributed by atoms with Gasteiger partial charge in [0.15, 0.2) is 0 Å². The Morgan fingerprint density at radius 1 is 1.14 bits per heavy atom. The van der Waals surface area contributed by atoms with Crippen molar-refractivity contribution in [1.29, 1.82) is 0 Å². The van der Waals surface area contributed by atoms with Crippen LogP contribution in [-0.2, 0) is 11.0 Å². The zero-order chi connectivity index (χ0) is 19.9. The van der Waals surface area contributed by atoms with Crippen LogP contribution in [-0.4, -0.2) is 40.4 Å². The predicted octanol–water partition coefficient (Wildman–Crippen LogP) is 3.54. The van der Waals surface area contributed by atoms with Crippen molar-refractivity contribution in [3.8, 4) is 0 Å². The topological polar surface area (TPSA) is 49.3 Å². The van der Waals surface area contributed by atoms with Crippen molar-refractivity contribution in [1.82, 2.24) is 14.9 Å². The fourth-order valence-corrected chi connectivity index (χ4v) is 4.44. The van der Waals surface area contributed by atoms with Crippen LogP contribution in [0.2, 0.25) is 0 Å². The molecule has 3 atom stereocenters. The molecule has 0 radical (unpaired) electrons. The van der Waals surface area contributed by atoms with Crippen LogP contribution in [0.1, 0.15) is 30.6 Å². The van der Waals surface area contributed by atoms with Gasteiger partial charge in [0, 0.05) is 44.0 Å². The Morgan fingerprint density at radius 3 is 2.57 bits per heavy atom. The molecule has 4 rings (SSSR count). The van der Waals surface area contributed by atoms with Crippen LogP contribution in [0.15, 0.2) is 42.7 Å². The molecule has 0 N–H and O–H groups in total. The lowest BCUT2D eigenvalue weighted by molar-refractivity contribution is -0.141. The minimum Gasteiger partial charge on any atom is -0.356 e. The molecule has 2 fully saturated rings. The zero-order valence-corrected chi connectivity index (χ0v) is 15.4. The quantitative estimate of drug-likeness (QED) is 0.804. The molecule has 148 valence electrons. The first-order valence-electron chi connectivity index (χ1n) is 9.37. The Hall–Kier alpha value is -2.64. The molecule has 2 saturated heterocycles. The van der Waals surface area contributed by atoms with Gasteiger partial charge in [0.05, 0.1) is 6.04 Å². The van der Waals surface area contributed by atoms with E-state index in [0.717, 1.165) is 18.0 Å². The highest BCUT2D eigenvalue weighted by Gasteiger charge is 2.49. The second-order valence-electron chi connectivity index (χ2n) is 7.34. The zero-order valence-electron chi connectivity index (χ0n) is 15.4. The van der Waals surface area contributed by atoms with Crippen LogP contribution in [0.4, 0.5) is 19.0 Å². The second kappa shape index (κ2) is 7.07. The number of hydrogen-bond acceptors (Lipinski definition) is 4. The van der Waals surface area contributed by atoms with Gasteiger partial charge in [0.25, 0.3) is 0 Å². The number of carbonyl (C=O) groups is 1. The van der Waals surface area contributed by atoms with E-state index < -0.39 is 11.9 Å². The monoisotopic (exact) mass is 390 g/mol. The maximum atomic E-state index is 13.0. The maximum Gasteiger partial charge on any atom is 0.433 e. The van der Waals surface area contributed by atoms with Crippen molar-refractivity contribution in [2.24, 2.45) is 11.8 Å². The number of benzene rings is 1. The third-order valence-corrected chi connectivity index (χ3v) is 5.70. The van der Waals surface area contributed by atoms with Crippen LogP contribution in [0.5, 0.6) is 0 Å². The van der Waals surface area contributed by atoms with Crippen molar-refractivity contribution in [2.75, 3.05) is 24.5 Å². The van der Waals surface area contributed by atoms with Crippen LogP contribution >= 0.6 is 0 Å². The predicted molar refractivity (Wildman–Crippen MR) is 97.4 cm³/mol. The average molecular weight is 390 g/mol. The van der Waals surface area contributed by atoms with Gasteiger partial charge in [0.1, 0.15) is 17.8 Å². The van der Waals surface area contributed by atoms with Crippen LogP contribution in [0, 0.1) is 11.8 Å². The van der Waals surface area contributed by atoms with Crippen molar-refractivity contribution >= 4 is 11.7 Å². The molecule has 2 aliphatic rings. The van der Waals surface area contributed by atoms with Gasteiger partial charge in [0.2, 0.25) is 5.91 Å². The van der Waals surface area contributed by atoms with Crippen LogP contribution < -0.4 is 4.90 Å². The standard InChI is InChI=1S/C20H21F3N4O/c1-2-18(28)27-10-14-9-26(17-8-16(20(21,22)23)24-12-25-17)11-15(14)19(27)13-6-4-3-5-7-13/h3-8,12,14-15,19H,2,9-11H2,1H3/t14-,15-,19+/m0/s1. The first-order chi connectivity index (χ1) is 13.4. The van der Waals surface area contributed by atoms with Crippen LogP contribution in [0.25, 0.3) is 0 Å². The van der Waals surface area contributed by atoms with Gasteiger partial charge in [-0.25, -0.2) is 9.97 Å². The van der Waals surface area contributed by atoms with E-state index in [1.807, 2.05) is 47.1 Å². The molecule has 28 heavy (non-hydrogen) atoms. The van der Waals surface area contributed by atoms with Gasteiger partial charge < -0.3 is 9.80 Å². The summed E-state index contributed by atoms with van der Waals surface area (Å²) in [4.78, 5) is 23.7. The number of hydrogen-bond donors (Lipinski definition) is 0. The van der Waals surface area contributed by atoms with Gasteiger partial charge in [-0.1, -0.05) is 37.3 Å². The largest absolute Gasteiger partial charge is 0.433 e. The molecule has 0 bridgehead atoms. The first-order valence-corrected chi connectivity index (χ1v) is 9.37. The van der Waals surface area contributed by atoms with Gasteiger partial charge in [-0.2, -0.15) is 13.2 Å². The van der Waals surface area contributed by atoms with Gasteiger partial charge in [-0.3, -0.25) is 4.79 Å². The number of amides is 1. The molecule has 3 heterocycles. The van der Waals surface area contributed by atoms with Crippen molar-refractivity contribution in [2.45, 2.75) is 25.6 Å². The lowest BCUT2D eigenvalue weighted by atomic mass is 9.89. The van der Waals surface area contributed by atoms with Crippen molar-refractivity contribution in [3.05, 3.63) is 54.0 Å². The third kappa shape index (κ3) is 3.31. The molecule has 1 aromatic heterocycles. The molecule has 1 aromatic carbocycles. The van der Waals surface area contributed by atoms with E-state index >= 15 is 0 Å². The molecule has 2 aliphatic heterocycles. The van der Waals surface area contributed by atoms with Crippen molar-refractivity contribution < 1.29 is 18.0 Å². The Morgan fingerprint density at radius 2 is 1.89 bits per heavy atom. The maximum absolute atomic E-state index is 13.0. The summed E-state index contributed by atoms with van der Waals surface area (Å²) >= 11 is 0. The minimum atomic E-state index is -4.50. The lowest BCUT2D eigenvalue weighted by Crippen LogP contribution is -2.35. The number of likely N-dealkylation sites (tertiary alicyclic amines) is 1. The minimum absolute atomic E-state index is 0.0624. The number of carbonyl (C=O) groups excluding carboxylic acids is 1. The summed E-state index contributed by atoms with van der Waals surface area (Å²) in [5, 5.41) is 0. The van der Waals surface area contributed by atoms with E-state index in [2.05, 4.69) is 9.97 Å². The Bertz CT molecular complexity index is 858. The van der Waals surface area contributed by atoms with E-state index in [4.69, 9.17) is 0 Å². The summed E-state index contributed by atoms with van der Waals surface area (Å²) in [5.41, 5.74) is 0.134. The normalized spacial score (nSPS) is 24.5. The summed E-state index contributed by atoms with van der Waals surface area (Å²) in [7, 11) is 0. The van der Waals surface area contributed by atoms with Crippen LogP contribution in [0.3, 0.4) is 0 Å². The van der Waals surface area contributed by atoms with E-state index in [0.29, 0.717) is 26.1 Å². The Balaban J connectivity index is 1.61. The molecular weight excluding hydrogens is 369 g/mol. The van der Waals surface area contributed by atoms with Gasteiger partial charge >= 0.3 is 6.18 Å². The van der Waals surface area contributed by atoms with Crippen molar-refractivity contribution in [3.63, 3.8) is 0 Å². The van der Waals surface area contributed by atoms with E-state index in [-0.39, 0.29) is 29.6 Å². The summed E-state index contributed by atoms with van der Waals surface area (Å²) in [5.74, 6) is 0.750. The first kappa shape index (κ1) is 18.7. The SMILES string of the molecule is CCC(=O)N1C[C@@H]2CN(c3cc(C(F)(F)F)ncn3)C[C@@H]2[C@H]1c1ccccc1. The van der Waals surface area contributed by atoms with E-state index in [9.17, 15) is 18.0 Å². The third-order valence-electron chi connectivity index (χ3n) is 5.70. The summed E-state index contributed by atoms with van der Waals surface area (Å²) < 4.78 is 39.0. The van der Waals surface area contributed by atoms with E-state index in [1.54, 1.807) is 0 Å². The lowest BCUT2D eigenvalue weighted by Gasteiger charge is -2.30. The molecule has 2 aromatic rings. The molecule has 0 aliphatic carbocycles. The number of anilines is 1. The molecule has 5 nitrogen and oxygen atoms in total. The molecule has 0 unspecified atom stereocenters. The van der Waals surface area contributed by atoms with Gasteiger partial charge in [-0.15, -0.1) is 0 Å². The Labute approximate surface area is 161 Å². The number of rotatable bonds is 3. The highest BCUT2D eigenvalue weighted by atomic mass is 19.4. The fourth-order valence-electron chi connectivity index (χ4n) is 4.44. The number of fused-ring (bicyclic) bond motifs is 1. The summed E-state index contributed by atoms with van der Waals surface area (Å²) in [6, 6.07) is 10.8. The smallest absolute Gasteiger partial charge is 0.356 e. The molecule has 8 heteroatoms.